The van der Waals surface area contributed by atoms with Gasteiger partial charge in [0.25, 0.3) is 0 Å². The first kappa shape index (κ1) is 14.8. The van der Waals surface area contributed by atoms with Gasteiger partial charge in [-0.05, 0) is 32.5 Å². The van der Waals surface area contributed by atoms with Crippen LogP contribution < -0.4 is 10.6 Å². The monoisotopic (exact) mass is 276 g/mol. The van der Waals surface area contributed by atoms with Gasteiger partial charge in [-0.3, -0.25) is 0 Å². The van der Waals surface area contributed by atoms with Gasteiger partial charge in [-0.2, -0.15) is 0 Å². The van der Waals surface area contributed by atoms with Crippen LogP contribution in [0.3, 0.4) is 0 Å². The highest BCUT2D eigenvalue weighted by molar-refractivity contribution is 5.55. The molecule has 0 aromatic carbocycles. The molecule has 0 saturated heterocycles. The van der Waals surface area contributed by atoms with E-state index in [0.29, 0.717) is 13.2 Å². The Morgan fingerprint density at radius 2 is 2.20 bits per heavy atom. The van der Waals surface area contributed by atoms with E-state index in [9.17, 15) is 0 Å². The molecule has 0 spiro atoms. The fourth-order valence-corrected chi connectivity index (χ4v) is 2.24. The van der Waals surface area contributed by atoms with Crippen LogP contribution in [0.1, 0.15) is 19.5 Å². The van der Waals surface area contributed by atoms with E-state index in [4.69, 9.17) is 15.5 Å². The Kier molecular flexibility index (Phi) is 4.98. The van der Waals surface area contributed by atoms with Gasteiger partial charge >= 0.3 is 0 Å². The second kappa shape index (κ2) is 6.72. The summed E-state index contributed by atoms with van der Waals surface area (Å²) in [7, 11) is 2.05. The number of ether oxygens (including phenoxy) is 1. The second-order valence-corrected chi connectivity index (χ2v) is 5.19. The fourth-order valence-electron chi connectivity index (χ4n) is 2.24. The zero-order valence-corrected chi connectivity index (χ0v) is 12.5. The molecule has 110 valence electrons. The van der Waals surface area contributed by atoms with Gasteiger partial charge in [0.1, 0.15) is 5.65 Å². The number of rotatable bonds is 7. The largest absolute Gasteiger partial charge is 0.377 e. The van der Waals surface area contributed by atoms with Crippen molar-refractivity contribution in [1.82, 2.24) is 9.38 Å². The first-order valence-electron chi connectivity index (χ1n) is 7.12. The molecule has 0 aliphatic carbocycles. The molecule has 0 atom stereocenters. The van der Waals surface area contributed by atoms with Crippen LogP contribution in [0, 0.1) is 0 Å². The summed E-state index contributed by atoms with van der Waals surface area (Å²) in [6, 6.07) is 6.03. The molecule has 0 aliphatic heterocycles. The number of hydrogen-bond donors (Lipinski definition) is 1. The van der Waals surface area contributed by atoms with Crippen LogP contribution in [0.5, 0.6) is 0 Å². The molecule has 2 aromatic rings. The molecule has 0 amide bonds. The summed E-state index contributed by atoms with van der Waals surface area (Å²) in [5, 5.41) is 0. The van der Waals surface area contributed by atoms with Crippen LogP contribution in [-0.4, -0.2) is 42.2 Å². The average Bonchev–Trinajstić information content (AvgIpc) is 2.78. The maximum atomic E-state index is 5.74. The van der Waals surface area contributed by atoms with Gasteiger partial charge in [-0.25, -0.2) is 4.98 Å². The maximum Gasteiger partial charge on any atom is 0.151 e. The summed E-state index contributed by atoms with van der Waals surface area (Å²) in [6.45, 7) is 6.23. The predicted octanol–water partition coefficient (Wildman–Crippen LogP) is 1.70. The zero-order chi connectivity index (χ0) is 14.5. The number of hydrogen-bond acceptors (Lipinski definition) is 4. The Balaban J connectivity index is 2.21. The second-order valence-electron chi connectivity index (χ2n) is 5.19. The van der Waals surface area contributed by atoms with Gasteiger partial charge in [0.15, 0.2) is 5.82 Å². The third kappa shape index (κ3) is 3.29. The summed E-state index contributed by atoms with van der Waals surface area (Å²) < 4.78 is 7.72. The quantitative estimate of drug-likeness (QED) is 0.836. The van der Waals surface area contributed by atoms with Crippen molar-refractivity contribution in [2.24, 2.45) is 5.73 Å². The van der Waals surface area contributed by atoms with Crippen molar-refractivity contribution >= 4 is 11.5 Å². The molecule has 0 bridgehead atoms. The molecule has 0 fully saturated rings. The van der Waals surface area contributed by atoms with Gasteiger partial charge in [-0.1, -0.05) is 6.07 Å². The van der Waals surface area contributed by atoms with E-state index in [2.05, 4.69) is 9.30 Å². The maximum absolute atomic E-state index is 5.74. The average molecular weight is 276 g/mol. The summed E-state index contributed by atoms with van der Waals surface area (Å²) in [5.74, 6) is 0.994. The number of fused-ring (bicyclic) bond motifs is 1. The predicted molar refractivity (Wildman–Crippen MR) is 82.3 cm³/mol. The standard InChI is InChI=1S/C15H24N4O/c1-12(2)20-11-10-18(3)15-13(7-8-16)19-9-5-4-6-14(19)17-15/h4-6,9,12H,7-8,10-11,16H2,1-3H3. The molecule has 5 heteroatoms. The first-order chi connectivity index (χ1) is 9.63. The third-order valence-electron chi connectivity index (χ3n) is 3.23. The molecular weight excluding hydrogens is 252 g/mol. The Bertz CT molecular complexity index is 550. The van der Waals surface area contributed by atoms with E-state index in [1.54, 1.807) is 0 Å². The Morgan fingerprint density at radius 1 is 1.40 bits per heavy atom. The zero-order valence-electron chi connectivity index (χ0n) is 12.5. The van der Waals surface area contributed by atoms with Crippen molar-refractivity contribution < 1.29 is 4.74 Å². The normalized spacial score (nSPS) is 11.4. The topological polar surface area (TPSA) is 55.8 Å². The van der Waals surface area contributed by atoms with Crippen molar-refractivity contribution in [3.63, 3.8) is 0 Å². The SMILES string of the molecule is CC(C)OCCN(C)c1nc2ccccn2c1CCN. The first-order valence-corrected chi connectivity index (χ1v) is 7.12. The summed E-state index contributed by atoms with van der Waals surface area (Å²) in [5.41, 5.74) is 7.86. The van der Waals surface area contributed by atoms with E-state index in [0.717, 1.165) is 30.1 Å². The number of likely N-dealkylation sites (N-methyl/N-ethyl adjacent to an activating group) is 1. The lowest BCUT2D eigenvalue weighted by Gasteiger charge is -2.19. The van der Waals surface area contributed by atoms with Crippen LogP contribution >= 0.6 is 0 Å². The minimum Gasteiger partial charge on any atom is -0.377 e. The molecular formula is C15H24N4O. The summed E-state index contributed by atoms with van der Waals surface area (Å²) in [4.78, 5) is 6.85. The van der Waals surface area contributed by atoms with Crippen molar-refractivity contribution in [3.05, 3.63) is 30.1 Å². The highest BCUT2D eigenvalue weighted by Gasteiger charge is 2.14. The molecule has 2 rings (SSSR count). The molecule has 2 aromatic heterocycles. The van der Waals surface area contributed by atoms with Crippen LogP contribution in [0.2, 0.25) is 0 Å². The minimum atomic E-state index is 0.257. The van der Waals surface area contributed by atoms with E-state index in [1.807, 2.05) is 45.3 Å². The highest BCUT2D eigenvalue weighted by Crippen LogP contribution is 2.21. The van der Waals surface area contributed by atoms with E-state index < -0.39 is 0 Å². The van der Waals surface area contributed by atoms with E-state index >= 15 is 0 Å². The van der Waals surface area contributed by atoms with Crippen molar-refractivity contribution in [1.29, 1.82) is 0 Å². The summed E-state index contributed by atoms with van der Waals surface area (Å²) in [6.07, 6.45) is 3.11. The van der Waals surface area contributed by atoms with Gasteiger partial charge in [0.2, 0.25) is 0 Å². The molecule has 0 radical (unpaired) electrons. The number of pyridine rings is 1. The van der Waals surface area contributed by atoms with Gasteiger partial charge < -0.3 is 19.8 Å². The number of anilines is 1. The smallest absolute Gasteiger partial charge is 0.151 e. The van der Waals surface area contributed by atoms with Crippen LogP contribution in [-0.2, 0) is 11.2 Å². The number of nitrogens with zero attached hydrogens (tertiary/aromatic N) is 3. The molecule has 0 aliphatic rings. The van der Waals surface area contributed by atoms with Gasteiger partial charge in [0, 0.05) is 26.2 Å². The molecule has 5 nitrogen and oxygen atoms in total. The van der Waals surface area contributed by atoms with Crippen LogP contribution in [0.15, 0.2) is 24.4 Å². The van der Waals surface area contributed by atoms with Crippen LogP contribution in [0.25, 0.3) is 5.65 Å². The molecule has 0 saturated carbocycles. The Hall–Kier alpha value is -1.59. The number of aromatic nitrogens is 2. The Labute approximate surface area is 120 Å². The van der Waals surface area contributed by atoms with Crippen molar-refractivity contribution in [2.75, 3.05) is 31.6 Å². The number of imidazole rings is 1. The lowest BCUT2D eigenvalue weighted by atomic mass is 10.3. The summed E-state index contributed by atoms with van der Waals surface area (Å²) >= 11 is 0. The van der Waals surface area contributed by atoms with E-state index in [-0.39, 0.29) is 6.10 Å². The van der Waals surface area contributed by atoms with Gasteiger partial charge in [-0.15, -0.1) is 0 Å². The number of nitrogens with two attached hydrogens (primary N) is 1. The molecule has 2 heterocycles. The Morgan fingerprint density at radius 3 is 2.90 bits per heavy atom. The minimum absolute atomic E-state index is 0.257. The molecule has 0 unspecified atom stereocenters. The lowest BCUT2D eigenvalue weighted by Crippen LogP contribution is -2.25. The van der Waals surface area contributed by atoms with E-state index in [1.165, 1.54) is 0 Å². The third-order valence-corrected chi connectivity index (χ3v) is 3.23. The molecule has 20 heavy (non-hydrogen) atoms. The fraction of sp³-hybridized carbons (Fsp3) is 0.533. The molecule has 2 N–H and O–H groups in total. The highest BCUT2D eigenvalue weighted by atomic mass is 16.5. The van der Waals surface area contributed by atoms with Crippen LogP contribution in [0.4, 0.5) is 5.82 Å². The lowest BCUT2D eigenvalue weighted by molar-refractivity contribution is 0.0845. The van der Waals surface area contributed by atoms with Crippen molar-refractivity contribution in [3.8, 4) is 0 Å². The van der Waals surface area contributed by atoms with Crippen molar-refractivity contribution in [2.45, 2.75) is 26.4 Å². The van der Waals surface area contributed by atoms with Gasteiger partial charge in [0.05, 0.1) is 18.4 Å².